The molecule has 0 radical (unpaired) electrons. The number of carbonyl (C=O) groups is 1. The van der Waals surface area contributed by atoms with Crippen LogP contribution < -0.4 is 0 Å². The van der Waals surface area contributed by atoms with E-state index in [9.17, 15) is 17.6 Å². The van der Waals surface area contributed by atoms with Crippen LogP contribution in [0.25, 0.3) is 12.2 Å². The quantitative estimate of drug-likeness (QED) is 0.485. The first-order chi connectivity index (χ1) is 12.9. The van der Waals surface area contributed by atoms with Gasteiger partial charge in [0, 0.05) is 6.20 Å². The molecule has 136 valence electrons. The van der Waals surface area contributed by atoms with Crippen LogP contribution in [-0.2, 0) is 9.84 Å². The Morgan fingerprint density at radius 3 is 2.04 bits per heavy atom. The van der Waals surface area contributed by atoms with Crippen LogP contribution in [0.4, 0.5) is 4.39 Å². The van der Waals surface area contributed by atoms with Gasteiger partial charge in [-0.05, 0) is 54.4 Å². The third-order valence-corrected chi connectivity index (χ3v) is 5.66. The molecule has 3 aromatic rings. The molecule has 27 heavy (non-hydrogen) atoms. The molecule has 0 unspecified atom stereocenters. The van der Waals surface area contributed by atoms with Crippen molar-refractivity contribution in [2.75, 3.05) is 0 Å². The Morgan fingerprint density at radius 2 is 1.48 bits per heavy atom. The molecule has 0 aliphatic rings. The lowest BCUT2D eigenvalue weighted by Crippen LogP contribution is -2.10. The van der Waals surface area contributed by atoms with Crippen LogP contribution in [0.15, 0.2) is 76.8 Å². The van der Waals surface area contributed by atoms with Crippen molar-refractivity contribution in [3.05, 3.63) is 89.4 Å². The van der Waals surface area contributed by atoms with Crippen molar-refractivity contribution in [1.82, 2.24) is 4.98 Å². The van der Waals surface area contributed by atoms with E-state index in [1.807, 2.05) is 0 Å². The van der Waals surface area contributed by atoms with Gasteiger partial charge in [0.2, 0.25) is 9.84 Å². The summed E-state index contributed by atoms with van der Waals surface area (Å²) < 4.78 is 38.5. The third kappa shape index (κ3) is 4.17. The van der Waals surface area contributed by atoms with Crippen molar-refractivity contribution >= 4 is 27.8 Å². The molecular weight excluding hydrogens is 365 g/mol. The maximum Gasteiger partial charge on any atom is 0.224 e. The average molecular weight is 381 g/mol. The van der Waals surface area contributed by atoms with E-state index in [4.69, 9.17) is 0 Å². The first-order valence-electron chi connectivity index (χ1n) is 8.13. The molecule has 0 aliphatic heterocycles. The Labute approximate surface area is 156 Å². The first kappa shape index (κ1) is 18.7. The standard InChI is InChI=1S/C21H16FNO3S/c1-15(24)20-3-2-14-23-21(20)27(25,26)19-12-8-17(9-13-19)5-4-16-6-10-18(22)11-7-16/h2-14H,1H3. The molecule has 1 aromatic heterocycles. The minimum Gasteiger partial charge on any atom is -0.294 e. The SMILES string of the molecule is CC(=O)c1cccnc1S(=O)(=O)c1ccc(C=Cc2ccc(F)cc2)cc1. The summed E-state index contributed by atoms with van der Waals surface area (Å²) >= 11 is 0. The van der Waals surface area contributed by atoms with Gasteiger partial charge in [-0.1, -0.05) is 36.4 Å². The molecule has 0 atom stereocenters. The van der Waals surface area contributed by atoms with Gasteiger partial charge in [0.05, 0.1) is 10.5 Å². The van der Waals surface area contributed by atoms with Crippen molar-refractivity contribution in [3.63, 3.8) is 0 Å². The fourth-order valence-corrected chi connectivity index (χ4v) is 3.93. The van der Waals surface area contributed by atoms with Crippen LogP contribution in [0, 0.1) is 5.82 Å². The average Bonchev–Trinajstić information content (AvgIpc) is 2.68. The highest BCUT2D eigenvalue weighted by Gasteiger charge is 2.24. The minimum atomic E-state index is -3.90. The Bertz CT molecular complexity index is 1100. The van der Waals surface area contributed by atoms with Gasteiger partial charge < -0.3 is 0 Å². The van der Waals surface area contributed by atoms with E-state index in [1.54, 1.807) is 36.4 Å². The van der Waals surface area contributed by atoms with Crippen molar-refractivity contribution in [2.24, 2.45) is 0 Å². The van der Waals surface area contributed by atoms with Crippen molar-refractivity contribution in [3.8, 4) is 0 Å². The number of pyridine rings is 1. The second-order valence-corrected chi connectivity index (χ2v) is 7.73. The van der Waals surface area contributed by atoms with Crippen LogP contribution in [0.2, 0.25) is 0 Å². The van der Waals surface area contributed by atoms with Gasteiger partial charge in [-0.25, -0.2) is 17.8 Å². The predicted molar refractivity (Wildman–Crippen MR) is 101 cm³/mol. The van der Waals surface area contributed by atoms with Crippen LogP contribution in [0.3, 0.4) is 0 Å². The van der Waals surface area contributed by atoms with Gasteiger partial charge >= 0.3 is 0 Å². The number of ketones is 1. The number of rotatable bonds is 5. The van der Waals surface area contributed by atoms with E-state index in [-0.39, 0.29) is 27.1 Å². The number of halogens is 1. The zero-order chi connectivity index (χ0) is 19.4. The minimum absolute atomic E-state index is 0.0580. The third-order valence-electron chi connectivity index (χ3n) is 3.93. The molecule has 4 nitrogen and oxygen atoms in total. The molecule has 0 N–H and O–H groups in total. The highest BCUT2D eigenvalue weighted by molar-refractivity contribution is 7.91. The summed E-state index contributed by atoms with van der Waals surface area (Å²) in [4.78, 5) is 15.7. The lowest BCUT2D eigenvalue weighted by atomic mass is 10.1. The monoisotopic (exact) mass is 381 g/mol. The second kappa shape index (κ2) is 7.63. The smallest absolute Gasteiger partial charge is 0.224 e. The largest absolute Gasteiger partial charge is 0.294 e. The summed E-state index contributed by atoms with van der Waals surface area (Å²) in [5.74, 6) is -0.665. The molecule has 0 saturated carbocycles. The van der Waals surface area contributed by atoms with Crippen molar-refractivity contribution in [2.45, 2.75) is 16.8 Å². The number of hydrogen-bond donors (Lipinski definition) is 0. The van der Waals surface area contributed by atoms with E-state index in [1.165, 1.54) is 49.5 Å². The molecule has 0 fully saturated rings. The van der Waals surface area contributed by atoms with Crippen LogP contribution in [-0.4, -0.2) is 19.2 Å². The fourth-order valence-electron chi connectivity index (χ4n) is 2.51. The number of hydrogen-bond acceptors (Lipinski definition) is 4. The lowest BCUT2D eigenvalue weighted by molar-refractivity contribution is 0.101. The maximum atomic E-state index is 12.9. The van der Waals surface area contributed by atoms with Gasteiger partial charge in [-0.2, -0.15) is 0 Å². The Morgan fingerprint density at radius 1 is 0.926 bits per heavy atom. The van der Waals surface area contributed by atoms with E-state index in [0.29, 0.717) is 0 Å². The number of Topliss-reactive ketones (excluding diaryl/α,β-unsaturated/α-hetero) is 1. The van der Waals surface area contributed by atoms with Crippen LogP contribution in [0.5, 0.6) is 0 Å². The Balaban J connectivity index is 1.89. The number of aromatic nitrogens is 1. The Kier molecular flexibility index (Phi) is 5.28. The second-order valence-electron chi connectivity index (χ2n) is 5.87. The number of benzene rings is 2. The normalized spacial score (nSPS) is 11.6. The predicted octanol–water partition coefficient (Wildman–Crippen LogP) is 4.43. The summed E-state index contributed by atoms with van der Waals surface area (Å²) in [6, 6.07) is 15.3. The van der Waals surface area contributed by atoms with E-state index >= 15 is 0 Å². The fraction of sp³-hybridized carbons (Fsp3) is 0.0476. The molecule has 0 aliphatic carbocycles. The van der Waals surface area contributed by atoms with Gasteiger partial charge in [0.15, 0.2) is 10.8 Å². The van der Waals surface area contributed by atoms with Gasteiger partial charge in [0.25, 0.3) is 0 Å². The molecule has 0 spiro atoms. The maximum absolute atomic E-state index is 12.9. The van der Waals surface area contributed by atoms with Crippen LogP contribution >= 0.6 is 0 Å². The summed E-state index contributed by atoms with van der Waals surface area (Å²) in [6.45, 7) is 1.30. The number of carbonyl (C=O) groups excluding carboxylic acids is 1. The molecular formula is C21H16FNO3S. The highest BCUT2D eigenvalue weighted by Crippen LogP contribution is 2.23. The molecule has 6 heteroatoms. The van der Waals surface area contributed by atoms with Crippen molar-refractivity contribution in [1.29, 1.82) is 0 Å². The lowest BCUT2D eigenvalue weighted by Gasteiger charge is -2.07. The summed E-state index contributed by atoms with van der Waals surface area (Å²) in [5.41, 5.74) is 1.68. The summed E-state index contributed by atoms with van der Waals surface area (Å²) in [6.07, 6.45) is 4.94. The van der Waals surface area contributed by atoms with Gasteiger partial charge in [-0.3, -0.25) is 4.79 Å². The summed E-state index contributed by atoms with van der Waals surface area (Å²) in [5, 5.41) is -0.243. The molecule has 1 heterocycles. The number of nitrogens with zero attached hydrogens (tertiary/aromatic N) is 1. The zero-order valence-corrected chi connectivity index (χ0v) is 15.3. The molecule has 0 bridgehead atoms. The van der Waals surface area contributed by atoms with E-state index in [2.05, 4.69) is 4.98 Å². The highest BCUT2D eigenvalue weighted by atomic mass is 32.2. The molecule has 2 aromatic carbocycles. The summed E-state index contributed by atoms with van der Waals surface area (Å²) in [7, 11) is -3.90. The van der Waals surface area contributed by atoms with E-state index in [0.717, 1.165) is 11.1 Å². The van der Waals surface area contributed by atoms with Crippen LogP contribution in [0.1, 0.15) is 28.4 Å². The van der Waals surface area contributed by atoms with Crippen molar-refractivity contribution < 1.29 is 17.6 Å². The number of sulfone groups is 1. The molecule has 0 amide bonds. The molecule has 0 saturated heterocycles. The Hall–Kier alpha value is -3.12. The topological polar surface area (TPSA) is 64.1 Å². The first-order valence-corrected chi connectivity index (χ1v) is 9.61. The molecule has 3 rings (SSSR count). The van der Waals surface area contributed by atoms with E-state index < -0.39 is 9.84 Å². The van der Waals surface area contributed by atoms with Gasteiger partial charge in [0.1, 0.15) is 5.82 Å². The zero-order valence-electron chi connectivity index (χ0n) is 14.5. The van der Waals surface area contributed by atoms with Gasteiger partial charge in [-0.15, -0.1) is 0 Å².